The van der Waals surface area contributed by atoms with Crippen molar-refractivity contribution in [3.05, 3.63) is 60.2 Å². The molecule has 3 heteroatoms. The van der Waals surface area contributed by atoms with Gasteiger partial charge in [0.2, 0.25) is 0 Å². The van der Waals surface area contributed by atoms with Crippen LogP contribution < -0.4 is 5.32 Å². The van der Waals surface area contributed by atoms with Gasteiger partial charge in [-0.2, -0.15) is 0 Å². The number of ether oxygens (including phenoxy) is 1. The fourth-order valence-corrected chi connectivity index (χ4v) is 2.87. The van der Waals surface area contributed by atoms with Crippen LogP contribution in [-0.2, 0) is 16.0 Å². The molecular weight excluding hydrogens is 322 g/mol. The summed E-state index contributed by atoms with van der Waals surface area (Å²) in [5.41, 5.74) is 3.26. The van der Waals surface area contributed by atoms with Gasteiger partial charge in [-0.15, -0.1) is 0 Å². The van der Waals surface area contributed by atoms with E-state index in [4.69, 9.17) is 4.74 Å². The molecular formula is C23H33NO2. The Bertz CT molecular complexity index is 619. The van der Waals surface area contributed by atoms with Gasteiger partial charge in [-0.1, -0.05) is 82.3 Å². The second-order valence-corrected chi connectivity index (χ2v) is 5.64. The topological polar surface area (TPSA) is 38.3 Å². The lowest BCUT2D eigenvalue weighted by molar-refractivity contribution is -0.149. The van der Waals surface area contributed by atoms with Gasteiger partial charge in [-0.25, -0.2) is 0 Å². The predicted octanol–water partition coefficient (Wildman–Crippen LogP) is 5.24. The average molecular weight is 356 g/mol. The van der Waals surface area contributed by atoms with Crippen molar-refractivity contribution in [2.45, 2.75) is 53.1 Å². The molecule has 3 nitrogen and oxygen atoms in total. The molecule has 1 aliphatic heterocycles. The molecule has 142 valence electrons. The lowest BCUT2D eigenvalue weighted by Gasteiger charge is -2.23. The van der Waals surface area contributed by atoms with E-state index in [9.17, 15) is 4.79 Å². The number of carbonyl (C=O) groups is 1. The summed E-state index contributed by atoms with van der Waals surface area (Å²) in [4.78, 5) is 12.2. The first-order chi connectivity index (χ1) is 12.8. The highest BCUT2D eigenvalue weighted by Gasteiger charge is 2.18. The SMILES string of the molecule is CC.CC.O=C(Cc1ccccc1-c1ccccc1)OC1CCNCC1. The van der Waals surface area contributed by atoms with Crippen LogP contribution in [0.4, 0.5) is 0 Å². The molecule has 2 aromatic carbocycles. The van der Waals surface area contributed by atoms with Crippen LogP contribution in [0.15, 0.2) is 54.6 Å². The molecule has 0 atom stereocenters. The number of hydrogen-bond donors (Lipinski definition) is 1. The third-order valence-electron chi connectivity index (χ3n) is 4.02. The van der Waals surface area contributed by atoms with Crippen LogP contribution in [0.3, 0.4) is 0 Å². The molecule has 0 bridgehead atoms. The molecule has 0 spiro atoms. The predicted molar refractivity (Wildman–Crippen MR) is 110 cm³/mol. The largest absolute Gasteiger partial charge is 0.462 e. The van der Waals surface area contributed by atoms with E-state index < -0.39 is 0 Å². The summed E-state index contributed by atoms with van der Waals surface area (Å²) in [5.74, 6) is -0.129. The number of hydrogen-bond acceptors (Lipinski definition) is 3. The van der Waals surface area contributed by atoms with Crippen LogP contribution in [-0.4, -0.2) is 25.2 Å². The Labute approximate surface area is 158 Å². The smallest absolute Gasteiger partial charge is 0.310 e. The molecule has 1 fully saturated rings. The third-order valence-corrected chi connectivity index (χ3v) is 4.02. The zero-order valence-electron chi connectivity index (χ0n) is 16.6. The van der Waals surface area contributed by atoms with Gasteiger partial charge in [0.15, 0.2) is 0 Å². The molecule has 1 heterocycles. The number of benzene rings is 2. The molecule has 0 unspecified atom stereocenters. The third kappa shape index (κ3) is 7.01. The zero-order valence-corrected chi connectivity index (χ0v) is 16.6. The van der Waals surface area contributed by atoms with Gasteiger partial charge in [-0.3, -0.25) is 4.79 Å². The van der Waals surface area contributed by atoms with Gasteiger partial charge >= 0.3 is 5.97 Å². The summed E-state index contributed by atoms with van der Waals surface area (Å²) in [6.45, 7) is 9.86. The van der Waals surface area contributed by atoms with E-state index in [0.717, 1.165) is 42.6 Å². The molecule has 0 saturated carbocycles. The fraction of sp³-hybridized carbons (Fsp3) is 0.435. The van der Waals surface area contributed by atoms with Crippen LogP contribution in [0.5, 0.6) is 0 Å². The average Bonchev–Trinajstić information content (AvgIpc) is 2.73. The lowest BCUT2D eigenvalue weighted by atomic mass is 9.98. The van der Waals surface area contributed by atoms with Crippen LogP contribution in [0.1, 0.15) is 46.1 Å². The van der Waals surface area contributed by atoms with Gasteiger partial charge in [0, 0.05) is 0 Å². The standard InChI is InChI=1S/C19H21NO2.2C2H6/c21-19(22-17-10-12-20-13-11-17)14-16-8-4-5-9-18(16)15-6-2-1-3-7-15;2*1-2/h1-9,17,20H,10-14H2;2*1-2H3. The minimum Gasteiger partial charge on any atom is -0.462 e. The summed E-state index contributed by atoms with van der Waals surface area (Å²) in [5, 5.41) is 3.28. The summed E-state index contributed by atoms with van der Waals surface area (Å²) in [7, 11) is 0. The first kappa shape index (κ1) is 21.9. The highest BCUT2D eigenvalue weighted by atomic mass is 16.5. The number of carbonyl (C=O) groups excluding carboxylic acids is 1. The van der Waals surface area contributed by atoms with E-state index in [1.165, 1.54) is 0 Å². The first-order valence-corrected chi connectivity index (χ1v) is 9.86. The van der Waals surface area contributed by atoms with Gasteiger partial charge in [0.25, 0.3) is 0 Å². The Morgan fingerprint density at radius 2 is 1.50 bits per heavy atom. The second-order valence-electron chi connectivity index (χ2n) is 5.64. The van der Waals surface area contributed by atoms with E-state index in [1.54, 1.807) is 0 Å². The highest BCUT2D eigenvalue weighted by molar-refractivity contribution is 5.78. The second kappa shape index (κ2) is 13.1. The van der Waals surface area contributed by atoms with E-state index in [1.807, 2.05) is 64.1 Å². The van der Waals surface area contributed by atoms with Crippen molar-refractivity contribution in [2.75, 3.05) is 13.1 Å². The van der Waals surface area contributed by atoms with Crippen molar-refractivity contribution in [2.24, 2.45) is 0 Å². The Morgan fingerprint density at radius 3 is 2.15 bits per heavy atom. The number of nitrogens with one attached hydrogen (secondary N) is 1. The number of esters is 1. The first-order valence-electron chi connectivity index (χ1n) is 9.86. The van der Waals surface area contributed by atoms with Crippen molar-refractivity contribution < 1.29 is 9.53 Å². The molecule has 2 aromatic rings. The normalized spacial score (nSPS) is 13.5. The Balaban J connectivity index is 0.000000791. The molecule has 0 aromatic heterocycles. The number of piperidine rings is 1. The van der Waals surface area contributed by atoms with Gasteiger partial charge in [0.05, 0.1) is 6.42 Å². The van der Waals surface area contributed by atoms with E-state index in [0.29, 0.717) is 6.42 Å². The monoisotopic (exact) mass is 355 g/mol. The summed E-state index contributed by atoms with van der Waals surface area (Å²) in [6.07, 6.45) is 2.21. The van der Waals surface area contributed by atoms with Gasteiger partial charge in [-0.05, 0) is 42.6 Å². The molecule has 0 radical (unpaired) electrons. The summed E-state index contributed by atoms with van der Waals surface area (Å²) in [6, 6.07) is 18.2. The molecule has 3 rings (SSSR count). The molecule has 1 aliphatic rings. The quantitative estimate of drug-likeness (QED) is 0.762. The zero-order chi connectivity index (χ0) is 19.2. The number of rotatable bonds is 4. The van der Waals surface area contributed by atoms with Crippen LogP contribution in [0, 0.1) is 0 Å². The maximum atomic E-state index is 12.2. The Kier molecular flexibility index (Phi) is 11.1. The lowest BCUT2D eigenvalue weighted by Crippen LogP contribution is -2.34. The van der Waals surface area contributed by atoms with Gasteiger partial charge < -0.3 is 10.1 Å². The fourth-order valence-electron chi connectivity index (χ4n) is 2.87. The van der Waals surface area contributed by atoms with E-state index in [-0.39, 0.29) is 12.1 Å². The Morgan fingerprint density at radius 1 is 0.923 bits per heavy atom. The maximum absolute atomic E-state index is 12.2. The van der Waals surface area contributed by atoms with Crippen molar-refractivity contribution in [1.29, 1.82) is 0 Å². The molecule has 1 N–H and O–H groups in total. The maximum Gasteiger partial charge on any atom is 0.310 e. The summed E-state index contributed by atoms with van der Waals surface area (Å²) < 4.78 is 5.61. The molecule has 0 amide bonds. The minimum absolute atomic E-state index is 0.0673. The summed E-state index contributed by atoms with van der Waals surface area (Å²) >= 11 is 0. The van der Waals surface area contributed by atoms with E-state index >= 15 is 0 Å². The van der Waals surface area contributed by atoms with Crippen LogP contribution in [0.25, 0.3) is 11.1 Å². The van der Waals surface area contributed by atoms with Crippen molar-refractivity contribution in [3.63, 3.8) is 0 Å². The van der Waals surface area contributed by atoms with Crippen molar-refractivity contribution in [1.82, 2.24) is 5.32 Å². The van der Waals surface area contributed by atoms with Gasteiger partial charge in [0.1, 0.15) is 6.10 Å². The molecule has 1 saturated heterocycles. The highest BCUT2D eigenvalue weighted by Crippen LogP contribution is 2.24. The van der Waals surface area contributed by atoms with E-state index in [2.05, 4.69) is 23.5 Å². The van der Waals surface area contributed by atoms with Crippen LogP contribution >= 0.6 is 0 Å². The van der Waals surface area contributed by atoms with Crippen molar-refractivity contribution in [3.8, 4) is 11.1 Å². The molecule has 26 heavy (non-hydrogen) atoms. The Hall–Kier alpha value is -2.13. The van der Waals surface area contributed by atoms with Crippen LogP contribution in [0.2, 0.25) is 0 Å². The van der Waals surface area contributed by atoms with Crippen molar-refractivity contribution >= 4 is 5.97 Å². The molecule has 0 aliphatic carbocycles. The minimum atomic E-state index is -0.129.